The van der Waals surface area contributed by atoms with Crippen LogP contribution in [0.25, 0.3) is 0 Å². The number of pyridine rings is 1. The molecule has 1 aromatic heterocycles. The van der Waals surface area contributed by atoms with Crippen LogP contribution >= 0.6 is 0 Å². The summed E-state index contributed by atoms with van der Waals surface area (Å²) < 4.78 is 1.52. The molecule has 0 aromatic carbocycles. The van der Waals surface area contributed by atoms with Crippen molar-refractivity contribution in [2.45, 2.75) is 19.4 Å². The summed E-state index contributed by atoms with van der Waals surface area (Å²) in [5.41, 5.74) is -1.48. The van der Waals surface area contributed by atoms with E-state index in [0.29, 0.717) is 0 Å². The van der Waals surface area contributed by atoms with Gasteiger partial charge in [0.25, 0.3) is 0 Å². The number of hydrogen-bond donors (Lipinski definition) is 2. The third-order valence-corrected chi connectivity index (χ3v) is 1.84. The SMILES string of the molecule is Cn1ccc(=O)c(O)c1C(C)(C)O. The van der Waals surface area contributed by atoms with Crippen molar-refractivity contribution in [3.8, 4) is 5.75 Å². The quantitative estimate of drug-likeness (QED) is 0.659. The molecular weight excluding hydrogens is 170 g/mol. The zero-order valence-corrected chi connectivity index (χ0v) is 7.90. The van der Waals surface area contributed by atoms with Crippen molar-refractivity contribution >= 4 is 0 Å². The summed E-state index contributed by atoms with van der Waals surface area (Å²) in [7, 11) is 1.66. The minimum atomic E-state index is -1.22. The zero-order valence-electron chi connectivity index (χ0n) is 7.90. The lowest BCUT2D eigenvalue weighted by Gasteiger charge is -2.21. The lowest BCUT2D eigenvalue weighted by molar-refractivity contribution is 0.0667. The van der Waals surface area contributed by atoms with Crippen LogP contribution in [-0.4, -0.2) is 14.8 Å². The van der Waals surface area contributed by atoms with Gasteiger partial charge in [0.1, 0.15) is 5.60 Å². The number of nitrogens with zero attached hydrogens (tertiary/aromatic N) is 1. The van der Waals surface area contributed by atoms with Crippen molar-refractivity contribution in [2.24, 2.45) is 7.05 Å². The van der Waals surface area contributed by atoms with Crippen molar-refractivity contribution in [3.05, 3.63) is 28.2 Å². The molecule has 0 aliphatic heterocycles. The van der Waals surface area contributed by atoms with Crippen LogP contribution in [0.4, 0.5) is 0 Å². The molecule has 13 heavy (non-hydrogen) atoms. The Morgan fingerprint density at radius 3 is 2.38 bits per heavy atom. The lowest BCUT2D eigenvalue weighted by Crippen LogP contribution is -2.24. The monoisotopic (exact) mass is 183 g/mol. The van der Waals surface area contributed by atoms with Gasteiger partial charge in [0, 0.05) is 19.3 Å². The van der Waals surface area contributed by atoms with Gasteiger partial charge in [-0.2, -0.15) is 0 Å². The first kappa shape index (κ1) is 9.80. The summed E-state index contributed by atoms with van der Waals surface area (Å²) in [4.78, 5) is 11.1. The average molecular weight is 183 g/mol. The predicted octanol–water partition coefficient (Wildman–Crippen LogP) is 0.318. The highest BCUT2D eigenvalue weighted by Gasteiger charge is 2.24. The number of aryl methyl sites for hydroxylation is 1. The fourth-order valence-electron chi connectivity index (χ4n) is 1.34. The Hall–Kier alpha value is -1.29. The molecule has 2 N–H and O–H groups in total. The van der Waals surface area contributed by atoms with E-state index in [1.54, 1.807) is 7.05 Å². The van der Waals surface area contributed by atoms with E-state index < -0.39 is 16.8 Å². The van der Waals surface area contributed by atoms with Crippen LogP contribution in [0.15, 0.2) is 17.1 Å². The Bertz CT molecular complexity index is 373. The van der Waals surface area contributed by atoms with Gasteiger partial charge in [-0.05, 0) is 13.8 Å². The molecule has 0 saturated carbocycles. The summed E-state index contributed by atoms with van der Waals surface area (Å²) in [6.45, 7) is 3.03. The summed E-state index contributed by atoms with van der Waals surface area (Å²) in [6, 6.07) is 1.25. The fraction of sp³-hybridized carbons (Fsp3) is 0.444. The molecule has 1 aromatic rings. The average Bonchev–Trinajstić information content (AvgIpc) is 1.95. The Labute approximate surface area is 76.1 Å². The molecule has 1 rings (SSSR count). The summed E-state index contributed by atoms with van der Waals surface area (Å²) in [5.74, 6) is -0.391. The first-order valence-electron chi connectivity index (χ1n) is 3.95. The van der Waals surface area contributed by atoms with E-state index in [4.69, 9.17) is 0 Å². The van der Waals surface area contributed by atoms with Crippen molar-refractivity contribution in [1.82, 2.24) is 4.57 Å². The molecule has 72 valence electrons. The molecule has 0 spiro atoms. The van der Waals surface area contributed by atoms with Crippen LogP contribution in [-0.2, 0) is 12.6 Å². The van der Waals surface area contributed by atoms with E-state index in [2.05, 4.69) is 0 Å². The topological polar surface area (TPSA) is 62.5 Å². The molecule has 0 atom stereocenters. The van der Waals surface area contributed by atoms with E-state index in [-0.39, 0.29) is 5.69 Å². The molecule has 4 heteroatoms. The second-order valence-electron chi connectivity index (χ2n) is 3.55. The molecule has 0 fully saturated rings. The molecule has 0 aliphatic carbocycles. The molecule has 4 nitrogen and oxygen atoms in total. The van der Waals surface area contributed by atoms with Crippen molar-refractivity contribution in [3.63, 3.8) is 0 Å². The van der Waals surface area contributed by atoms with Crippen molar-refractivity contribution < 1.29 is 10.2 Å². The minimum Gasteiger partial charge on any atom is -0.503 e. The molecule has 0 aliphatic rings. The molecule has 0 saturated heterocycles. The van der Waals surface area contributed by atoms with Crippen LogP contribution in [0.2, 0.25) is 0 Å². The van der Waals surface area contributed by atoms with E-state index in [1.165, 1.54) is 30.7 Å². The summed E-state index contributed by atoms with van der Waals surface area (Å²) >= 11 is 0. The van der Waals surface area contributed by atoms with Gasteiger partial charge in [-0.3, -0.25) is 4.79 Å². The third-order valence-electron chi connectivity index (χ3n) is 1.84. The highest BCUT2D eigenvalue weighted by Crippen LogP contribution is 2.24. The van der Waals surface area contributed by atoms with Gasteiger partial charge >= 0.3 is 0 Å². The smallest absolute Gasteiger partial charge is 0.223 e. The predicted molar refractivity (Wildman–Crippen MR) is 48.6 cm³/mol. The van der Waals surface area contributed by atoms with E-state index >= 15 is 0 Å². The fourth-order valence-corrected chi connectivity index (χ4v) is 1.34. The first-order valence-corrected chi connectivity index (χ1v) is 3.95. The first-order chi connectivity index (χ1) is 5.84. The number of rotatable bonds is 1. The van der Waals surface area contributed by atoms with Gasteiger partial charge in [-0.15, -0.1) is 0 Å². The number of aromatic nitrogens is 1. The Balaban J connectivity index is 3.52. The zero-order chi connectivity index (χ0) is 10.2. The second kappa shape index (κ2) is 2.88. The van der Waals surface area contributed by atoms with Gasteiger partial charge in [0.15, 0.2) is 5.75 Å². The Morgan fingerprint density at radius 1 is 1.46 bits per heavy atom. The Morgan fingerprint density at radius 2 is 2.00 bits per heavy atom. The second-order valence-corrected chi connectivity index (χ2v) is 3.55. The largest absolute Gasteiger partial charge is 0.503 e. The van der Waals surface area contributed by atoms with E-state index in [0.717, 1.165) is 0 Å². The highest BCUT2D eigenvalue weighted by atomic mass is 16.3. The van der Waals surface area contributed by atoms with Crippen LogP contribution in [0, 0.1) is 0 Å². The normalized spacial score (nSPS) is 11.7. The van der Waals surface area contributed by atoms with E-state index in [1.807, 2.05) is 0 Å². The number of aliphatic hydroxyl groups is 1. The summed E-state index contributed by atoms with van der Waals surface area (Å²) in [5, 5.41) is 19.1. The molecule has 0 bridgehead atoms. The minimum absolute atomic E-state index is 0.222. The molecule has 0 unspecified atom stereocenters. The standard InChI is InChI=1S/C9H13NO3/c1-9(2,13)8-7(12)6(11)4-5-10(8)3/h4-5,12-13H,1-3H3. The Kier molecular flexibility index (Phi) is 2.17. The molecule has 1 heterocycles. The van der Waals surface area contributed by atoms with Gasteiger partial charge in [-0.25, -0.2) is 0 Å². The van der Waals surface area contributed by atoms with Crippen molar-refractivity contribution in [2.75, 3.05) is 0 Å². The number of aromatic hydroxyl groups is 1. The van der Waals surface area contributed by atoms with Gasteiger partial charge in [-0.1, -0.05) is 0 Å². The lowest BCUT2D eigenvalue weighted by atomic mass is 10.0. The molecule has 0 radical (unpaired) electrons. The van der Waals surface area contributed by atoms with Gasteiger partial charge in [0.2, 0.25) is 5.43 Å². The molecule has 0 amide bonds. The number of hydrogen-bond acceptors (Lipinski definition) is 3. The summed E-state index contributed by atoms with van der Waals surface area (Å²) in [6.07, 6.45) is 1.51. The van der Waals surface area contributed by atoms with Gasteiger partial charge < -0.3 is 14.8 Å². The van der Waals surface area contributed by atoms with E-state index in [9.17, 15) is 15.0 Å². The van der Waals surface area contributed by atoms with Crippen LogP contribution < -0.4 is 5.43 Å². The van der Waals surface area contributed by atoms with Crippen LogP contribution in [0.5, 0.6) is 5.75 Å². The highest BCUT2D eigenvalue weighted by molar-refractivity contribution is 5.30. The van der Waals surface area contributed by atoms with Gasteiger partial charge in [0.05, 0.1) is 5.69 Å². The maximum absolute atomic E-state index is 11.1. The van der Waals surface area contributed by atoms with Crippen LogP contribution in [0.1, 0.15) is 19.5 Å². The molecular formula is C9H13NO3. The third kappa shape index (κ3) is 1.72. The van der Waals surface area contributed by atoms with Crippen molar-refractivity contribution in [1.29, 1.82) is 0 Å². The maximum Gasteiger partial charge on any atom is 0.223 e. The maximum atomic E-state index is 11.1. The van der Waals surface area contributed by atoms with Crippen LogP contribution in [0.3, 0.4) is 0 Å².